The maximum atomic E-state index is 12.1. The van der Waals surface area contributed by atoms with E-state index >= 15 is 0 Å². The van der Waals surface area contributed by atoms with Gasteiger partial charge in [0.05, 0.1) is 0 Å². The van der Waals surface area contributed by atoms with Crippen LogP contribution < -0.4 is 10.6 Å². The van der Waals surface area contributed by atoms with Crippen LogP contribution >= 0.6 is 11.8 Å². The van der Waals surface area contributed by atoms with E-state index in [2.05, 4.69) is 36.2 Å². The zero-order chi connectivity index (χ0) is 14.7. The Morgan fingerprint density at radius 1 is 1.43 bits per heavy atom. The molecule has 2 aromatic rings. The Bertz CT molecular complexity index is 609. The van der Waals surface area contributed by atoms with Crippen molar-refractivity contribution in [3.8, 4) is 0 Å². The minimum Gasteiger partial charge on any atom is -0.325 e. The summed E-state index contributed by atoms with van der Waals surface area (Å²) in [7, 11) is 0. The van der Waals surface area contributed by atoms with E-state index in [1.165, 1.54) is 0 Å². The third-order valence-electron chi connectivity index (χ3n) is 3.55. The third kappa shape index (κ3) is 2.82. The molecule has 110 valence electrons. The van der Waals surface area contributed by atoms with Gasteiger partial charge in [-0.1, -0.05) is 5.21 Å². The van der Waals surface area contributed by atoms with Crippen LogP contribution in [0.3, 0.4) is 0 Å². The lowest BCUT2D eigenvalue weighted by atomic mass is 9.76. The van der Waals surface area contributed by atoms with Crippen molar-refractivity contribution in [2.24, 2.45) is 0 Å². The number of anilines is 1. The molecule has 2 aromatic heterocycles. The summed E-state index contributed by atoms with van der Waals surface area (Å²) in [4.78, 5) is 17.3. The fraction of sp³-hybridized carbons (Fsp3) is 0.417. The average molecular weight is 305 g/mol. The van der Waals surface area contributed by atoms with E-state index in [4.69, 9.17) is 0 Å². The number of hydrogen-bond donors (Lipinski definition) is 3. The average Bonchev–Trinajstić information content (AvgIpc) is 2.98. The van der Waals surface area contributed by atoms with E-state index in [-0.39, 0.29) is 6.03 Å². The predicted octanol–water partition coefficient (Wildman–Crippen LogP) is 1.52. The quantitative estimate of drug-likeness (QED) is 0.739. The van der Waals surface area contributed by atoms with Crippen molar-refractivity contribution >= 4 is 23.6 Å². The molecule has 0 bridgehead atoms. The monoisotopic (exact) mass is 305 g/mol. The maximum Gasteiger partial charge on any atom is 0.321 e. The molecule has 3 N–H and O–H groups in total. The molecule has 21 heavy (non-hydrogen) atoms. The number of hydrogen-bond acceptors (Lipinski definition) is 6. The second-order valence-electron chi connectivity index (χ2n) is 4.83. The predicted molar refractivity (Wildman–Crippen MR) is 77.9 cm³/mol. The van der Waals surface area contributed by atoms with Crippen molar-refractivity contribution in [3.63, 3.8) is 0 Å². The molecular formula is C12H15N7OS. The molecule has 1 aliphatic carbocycles. The number of amides is 2. The normalized spacial score (nSPS) is 16.0. The minimum absolute atomic E-state index is 0.316. The van der Waals surface area contributed by atoms with Crippen LogP contribution in [0.1, 0.15) is 25.1 Å². The highest BCUT2D eigenvalue weighted by atomic mass is 32.2. The fourth-order valence-corrected chi connectivity index (χ4v) is 2.60. The SMILES string of the molecule is CSc1ccc(NC(=O)NC2(c3nn[nH]n3)CCC2)nc1. The van der Waals surface area contributed by atoms with Crippen molar-refractivity contribution in [3.05, 3.63) is 24.2 Å². The molecule has 3 rings (SSSR count). The number of rotatable bonds is 4. The van der Waals surface area contributed by atoms with E-state index in [0.29, 0.717) is 11.6 Å². The summed E-state index contributed by atoms with van der Waals surface area (Å²) in [6.07, 6.45) is 6.33. The number of aromatic amines is 1. The molecule has 9 heteroatoms. The number of carbonyl (C=O) groups excluding carboxylic acids is 1. The molecule has 0 aliphatic heterocycles. The Morgan fingerprint density at radius 2 is 2.29 bits per heavy atom. The van der Waals surface area contributed by atoms with Crippen molar-refractivity contribution in [2.75, 3.05) is 11.6 Å². The van der Waals surface area contributed by atoms with Gasteiger partial charge in [-0.15, -0.1) is 22.0 Å². The van der Waals surface area contributed by atoms with Gasteiger partial charge in [-0.25, -0.2) is 9.78 Å². The Hall–Kier alpha value is -2.16. The number of tetrazole rings is 1. The molecule has 0 unspecified atom stereocenters. The standard InChI is InChI=1S/C12H15N7OS/c1-21-8-3-4-9(13-7-8)14-11(20)15-12(5-2-6-12)10-16-18-19-17-10/h3-4,7H,2,5-6H2,1H3,(H2,13,14,15,20)(H,16,17,18,19). The summed E-state index contributed by atoms with van der Waals surface area (Å²) in [5, 5.41) is 19.6. The maximum absolute atomic E-state index is 12.1. The van der Waals surface area contributed by atoms with Gasteiger partial charge in [0.15, 0.2) is 5.82 Å². The van der Waals surface area contributed by atoms with E-state index in [1.54, 1.807) is 24.0 Å². The van der Waals surface area contributed by atoms with Gasteiger partial charge in [-0.05, 0) is 37.7 Å². The summed E-state index contributed by atoms with van der Waals surface area (Å²) >= 11 is 1.60. The number of thioether (sulfide) groups is 1. The topological polar surface area (TPSA) is 108 Å². The zero-order valence-corrected chi connectivity index (χ0v) is 12.3. The second kappa shape index (κ2) is 5.68. The highest BCUT2D eigenvalue weighted by Gasteiger charge is 2.43. The number of nitrogens with one attached hydrogen (secondary N) is 3. The number of urea groups is 1. The first-order valence-electron chi connectivity index (χ1n) is 6.55. The van der Waals surface area contributed by atoms with Gasteiger partial charge in [-0.3, -0.25) is 5.32 Å². The number of pyridine rings is 1. The van der Waals surface area contributed by atoms with Crippen LogP contribution in [-0.4, -0.2) is 37.9 Å². The van der Waals surface area contributed by atoms with Crippen LogP contribution in [0.15, 0.2) is 23.2 Å². The first kappa shape index (κ1) is 13.8. The molecule has 0 saturated heterocycles. The Kier molecular flexibility index (Phi) is 3.74. The molecule has 0 aromatic carbocycles. The molecule has 1 fully saturated rings. The summed E-state index contributed by atoms with van der Waals surface area (Å²) in [6.45, 7) is 0. The van der Waals surface area contributed by atoms with Gasteiger partial charge in [0, 0.05) is 11.1 Å². The van der Waals surface area contributed by atoms with Crippen LogP contribution in [-0.2, 0) is 5.54 Å². The smallest absolute Gasteiger partial charge is 0.321 e. The first-order chi connectivity index (χ1) is 10.2. The Labute approximate surface area is 125 Å². The van der Waals surface area contributed by atoms with Crippen LogP contribution in [0, 0.1) is 0 Å². The number of carbonyl (C=O) groups is 1. The van der Waals surface area contributed by atoms with Gasteiger partial charge >= 0.3 is 6.03 Å². The molecule has 8 nitrogen and oxygen atoms in total. The Morgan fingerprint density at radius 3 is 2.81 bits per heavy atom. The van der Waals surface area contributed by atoms with E-state index in [0.717, 1.165) is 24.2 Å². The first-order valence-corrected chi connectivity index (χ1v) is 7.77. The lowest BCUT2D eigenvalue weighted by Crippen LogP contribution is -2.53. The minimum atomic E-state index is -0.518. The fourth-order valence-electron chi connectivity index (χ4n) is 2.24. The molecule has 1 aliphatic rings. The molecule has 2 heterocycles. The zero-order valence-electron chi connectivity index (χ0n) is 11.5. The van der Waals surface area contributed by atoms with Crippen molar-refractivity contribution in [1.29, 1.82) is 0 Å². The summed E-state index contributed by atoms with van der Waals surface area (Å²) < 4.78 is 0. The molecule has 0 radical (unpaired) electrons. The largest absolute Gasteiger partial charge is 0.325 e. The van der Waals surface area contributed by atoms with Crippen molar-refractivity contribution < 1.29 is 4.79 Å². The van der Waals surface area contributed by atoms with Crippen LogP contribution in [0.2, 0.25) is 0 Å². The highest BCUT2D eigenvalue weighted by Crippen LogP contribution is 2.39. The van der Waals surface area contributed by atoms with E-state index in [1.807, 2.05) is 12.3 Å². The van der Waals surface area contributed by atoms with Gasteiger partial charge in [0.2, 0.25) is 0 Å². The van der Waals surface area contributed by atoms with Gasteiger partial charge < -0.3 is 5.32 Å². The number of aromatic nitrogens is 5. The van der Waals surface area contributed by atoms with Gasteiger partial charge in [0.25, 0.3) is 0 Å². The highest BCUT2D eigenvalue weighted by molar-refractivity contribution is 7.98. The summed E-state index contributed by atoms with van der Waals surface area (Å²) in [6, 6.07) is 3.36. The Balaban J connectivity index is 1.65. The molecule has 1 saturated carbocycles. The second-order valence-corrected chi connectivity index (χ2v) is 5.71. The number of H-pyrrole nitrogens is 1. The van der Waals surface area contributed by atoms with E-state index in [9.17, 15) is 4.79 Å². The molecule has 2 amide bonds. The van der Waals surface area contributed by atoms with Crippen LogP contribution in [0.25, 0.3) is 0 Å². The van der Waals surface area contributed by atoms with Crippen molar-refractivity contribution in [2.45, 2.75) is 29.7 Å². The third-order valence-corrected chi connectivity index (χ3v) is 4.26. The molecule has 0 spiro atoms. The molecule has 0 atom stereocenters. The molecular weight excluding hydrogens is 290 g/mol. The van der Waals surface area contributed by atoms with Crippen molar-refractivity contribution in [1.82, 2.24) is 30.9 Å². The van der Waals surface area contributed by atoms with Crippen LogP contribution in [0.4, 0.5) is 10.6 Å². The summed E-state index contributed by atoms with van der Waals surface area (Å²) in [5.74, 6) is 1.03. The van der Waals surface area contributed by atoms with Gasteiger partial charge in [-0.2, -0.15) is 5.21 Å². The summed E-state index contributed by atoms with van der Waals surface area (Å²) in [5.41, 5.74) is -0.518. The number of nitrogens with zero attached hydrogens (tertiary/aromatic N) is 4. The van der Waals surface area contributed by atoms with Crippen LogP contribution in [0.5, 0.6) is 0 Å². The van der Waals surface area contributed by atoms with E-state index < -0.39 is 5.54 Å². The van der Waals surface area contributed by atoms with Gasteiger partial charge in [0.1, 0.15) is 11.4 Å². The lowest BCUT2D eigenvalue weighted by Gasteiger charge is -2.39. The lowest BCUT2D eigenvalue weighted by molar-refractivity contribution is 0.175.